The first kappa shape index (κ1) is 12.3. The first-order valence-electron chi connectivity index (χ1n) is 7.02. The third-order valence-electron chi connectivity index (χ3n) is 4.32. The van der Waals surface area contributed by atoms with Gasteiger partial charge < -0.3 is 10.3 Å². The number of aromatic amines is 1. The third-order valence-corrected chi connectivity index (χ3v) is 4.32. The van der Waals surface area contributed by atoms with Gasteiger partial charge in [0.1, 0.15) is 0 Å². The molecule has 0 aliphatic heterocycles. The fraction of sp³-hybridized carbons (Fsp3) is 0.438. The van der Waals surface area contributed by atoms with E-state index in [9.17, 15) is 4.79 Å². The molecule has 19 heavy (non-hydrogen) atoms. The summed E-state index contributed by atoms with van der Waals surface area (Å²) >= 11 is 0. The lowest BCUT2D eigenvalue weighted by molar-refractivity contribution is 0.0936. The molecule has 0 saturated heterocycles. The Morgan fingerprint density at radius 3 is 2.84 bits per heavy atom. The smallest absolute Gasteiger partial charge is 0.253 e. The maximum atomic E-state index is 12.3. The van der Waals surface area contributed by atoms with E-state index < -0.39 is 0 Å². The number of aromatic nitrogens is 1. The molecule has 1 saturated carbocycles. The first-order valence-corrected chi connectivity index (χ1v) is 7.02. The van der Waals surface area contributed by atoms with Crippen molar-refractivity contribution in [1.82, 2.24) is 10.3 Å². The van der Waals surface area contributed by atoms with E-state index in [0.29, 0.717) is 5.41 Å². The quantitative estimate of drug-likeness (QED) is 0.867. The van der Waals surface area contributed by atoms with Crippen LogP contribution in [0.1, 0.15) is 43.0 Å². The van der Waals surface area contributed by atoms with Crippen molar-refractivity contribution >= 4 is 16.8 Å². The summed E-state index contributed by atoms with van der Waals surface area (Å²) in [4.78, 5) is 15.4. The zero-order valence-electron chi connectivity index (χ0n) is 11.3. The lowest BCUT2D eigenvalue weighted by Crippen LogP contribution is -2.34. The Balaban J connectivity index is 1.73. The highest BCUT2D eigenvalue weighted by Crippen LogP contribution is 2.36. The summed E-state index contributed by atoms with van der Waals surface area (Å²) in [5, 5.41) is 4.10. The van der Waals surface area contributed by atoms with Crippen LogP contribution in [0.15, 0.2) is 30.5 Å². The van der Waals surface area contributed by atoms with Gasteiger partial charge in [0.25, 0.3) is 5.91 Å². The predicted octanol–water partition coefficient (Wildman–Crippen LogP) is 3.48. The number of H-pyrrole nitrogens is 1. The number of carbonyl (C=O) groups excluding carboxylic acids is 1. The number of hydrogen-bond acceptors (Lipinski definition) is 1. The van der Waals surface area contributed by atoms with Gasteiger partial charge in [-0.2, -0.15) is 0 Å². The van der Waals surface area contributed by atoms with Crippen LogP contribution in [0.4, 0.5) is 0 Å². The van der Waals surface area contributed by atoms with Crippen molar-refractivity contribution in [2.24, 2.45) is 5.41 Å². The number of amides is 1. The van der Waals surface area contributed by atoms with Gasteiger partial charge in [0, 0.05) is 23.6 Å². The molecule has 3 heteroatoms. The van der Waals surface area contributed by atoms with Crippen LogP contribution >= 0.6 is 0 Å². The third kappa shape index (κ3) is 2.37. The van der Waals surface area contributed by atoms with Crippen LogP contribution in [0.3, 0.4) is 0 Å². The van der Waals surface area contributed by atoms with Crippen LogP contribution in [0, 0.1) is 5.41 Å². The second kappa shape index (κ2) is 4.72. The van der Waals surface area contributed by atoms with Gasteiger partial charge in [-0.15, -0.1) is 0 Å². The standard InChI is InChI=1S/C16H20N2O/c1-16(8-4-5-9-16)11-18-15(19)13-10-17-14-7-3-2-6-12(13)14/h2-3,6-7,10,17H,4-5,8-9,11H2,1H3,(H,18,19). The Bertz CT molecular complexity index is 594. The number of para-hydroxylation sites is 1. The number of benzene rings is 1. The van der Waals surface area contributed by atoms with Crippen molar-refractivity contribution in [2.45, 2.75) is 32.6 Å². The summed E-state index contributed by atoms with van der Waals surface area (Å²) in [7, 11) is 0. The van der Waals surface area contributed by atoms with E-state index in [-0.39, 0.29) is 5.91 Å². The Morgan fingerprint density at radius 2 is 2.05 bits per heavy atom. The molecule has 3 rings (SSSR count). The summed E-state index contributed by atoms with van der Waals surface area (Å²) in [6.45, 7) is 3.06. The van der Waals surface area contributed by atoms with Gasteiger partial charge in [-0.25, -0.2) is 0 Å². The van der Waals surface area contributed by atoms with Crippen molar-refractivity contribution in [3.8, 4) is 0 Å². The number of hydrogen-bond donors (Lipinski definition) is 2. The second-order valence-corrected chi connectivity index (χ2v) is 5.95. The molecule has 0 spiro atoms. The van der Waals surface area contributed by atoms with Crippen molar-refractivity contribution in [3.63, 3.8) is 0 Å². The number of nitrogens with one attached hydrogen (secondary N) is 2. The maximum absolute atomic E-state index is 12.3. The average Bonchev–Trinajstić information content (AvgIpc) is 3.03. The minimum absolute atomic E-state index is 0.0329. The van der Waals surface area contributed by atoms with Crippen LogP contribution < -0.4 is 5.32 Å². The lowest BCUT2D eigenvalue weighted by Gasteiger charge is -2.23. The van der Waals surface area contributed by atoms with Gasteiger partial charge in [-0.05, 0) is 24.3 Å². The van der Waals surface area contributed by atoms with Crippen LogP contribution in [-0.4, -0.2) is 17.4 Å². The molecule has 0 radical (unpaired) electrons. The molecular formula is C16H20N2O. The van der Waals surface area contributed by atoms with Gasteiger partial charge >= 0.3 is 0 Å². The molecule has 2 aromatic rings. The normalized spacial score (nSPS) is 17.7. The summed E-state index contributed by atoms with van der Waals surface area (Å²) in [6.07, 6.45) is 6.83. The number of rotatable bonds is 3. The molecule has 1 aliphatic carbocycles. The Labute approximate surface area is 113 Å². The molecule has 1 fully saturated rings. The van der Waals surface area contributed by atoms with Crippen molar-refractivity contribution < 1.29 is 4.79 Å². The molecule has 0 atom stereocenters. The average molecular weight is 256 g/mol. The van der Waals surface area contributed by atoms with E-state index in [1.165, 1.54) is 25.7 Å². The molecule has 1 heterocycles. The molecule has 1 aliphatic rings. The zero-order valence-corrected chi connectivity index (χ0v) is 11.3. The fourth-order valence-electron chi connectivity index (χ4n) is 3.05. The van der Waals surface area contributed by atoms with Crippen LogP contribution in [-0.2, 0) is 0 Å². The molecule has 100 valence electrons. The SMILES string of the molecule is CC1(CNC(=O)c2c[nH]c3ccccc23)CCCC1. The predicted molar refractivity (Wildman–Crippen MR) is 77.2 cm³/mol. The summed E-state index contributed by atoms with van der Waals surface area (Å²) in [5.41, 5.74) is 2.05. The van der Waals surface area contributed by atoms with E-state index >= 15 is 0 Å². The van der Waals surface area contributed by atoms with Gasteiger partial charge in [-0.1, -0.05) is 38.0 Å². The van der Waals surface area contributed by atoms with Gasteiger partial charge in [0.2, 0.25) is 0 Å². The van der Waals surface area contributed by atoms with E-state index in [1.54, 1.807) is 6.20 Å². The summed E-state index contributed by atoms with van der Waals surface area (Å²) in [5.74, 6) is 0.0329. The molecule has 1 amide bonds. The largest absolute Gasteiger partial charge is 0.360 e. The van der Waals surface area contributed by atoms with Gasteiger partial charge in [0.05, 0.1) is 5.56 Å². The second-order valence-electron chi connectivity index (χ2n) is 5.95. The van der Waals surface area contributed by atoms with Crippen LogP contribution in [0.5, 0.6) is 0 Å². The Morgan fingerprint density at radius 1 is 1.32 bits per heavy atom. The molecule has 1 aromatic heterocycles. The summed E-state index contributed by atoms with van der Waals surface area (Å²) < 4.78 is 0. The van der Waals surface area contributed by atoms with Crippen molar-refractivity contribution in [2.75, 3.05) is 6.54 Å². The number of carbonyl (C=O) groups is 1. The Kier molecular flexibility index (Phi) is 3.05. The molecule has 2 N–H and O–H groups in total. The Hall–Kier alpha value is -1.77. The van der Waals surface area contributed by atoms with E-state index in [4.69, 9.17) is 0 Å². The minimum Gasteiger partial charge on any atom is -0.360 e. The van der Waals surface area contributed by atoms with E-state index in [2.05, 4.69) is 17.2 Å². The highest BCUT2D eigenvalue weighted by Gasteiger charge is 2.29. The molecular weight excluding hydrogens is 236 g/mol. The van der Waals surface area contributed by atoms with E-state index in [0.717, 1.165) is 23.0 Å². The molecule has 3 nitrogen and oxygen atoms in total. The molecule has 1 aromatic carbocycles. The maximum Gasteiger partial charge on any atom is 0.253 e. The van der Waals surface area contributed by atoms with Crippen molar-refractivity contribution in [3.05, 3.63) is 36.0 Å². The number of fused-ring (bicyclic) bond motifs is 1. The zero-order chi connectivity index (χ0) is 13.3. The minimum atomic E-state index is 0.0329. The highest BCUT2D eigenvalue weighted by molar-refractivity contribution is 6.06. The fourth-order valence-corrected chi connectivity index (χ4v) is 3.05. The summed E-state index contributed by atoms with van der Waals surface area (Å²) in [6, 6.07) is 7.91. The first-order chi connectivity index (χ1) is 9.18. The van der Waals surface area contributed by atoms with Crippen LogP contribution in [0.2, 0.25) is 0 Å². The van der Waals surface area contributed by atoms with Crippen molar-refractivity contribution in [1.29, 1.82) is 0 Å². The van der Waals surface area contributed by atoms with Gasteiger partial charge in [0.15, 0.2) is 0 Å². The molecule has 0 unspecified atom stereocenters. The van der Waals surface area contributed by atoms with Gasteiger partial charge in [-0.3, -0.25) is 4.79 Å². The molecule has 0 bridgehead atoms. The van der Waals surface area contributed by atoms with Crippen LogP contribution in [0.25, 0.3) is 10.9 Å². The monoisotopic (exact) mass is 256 g/mol. The highest BCUT2D eigenvalue weighted by atomic mass is 16.1. The topological polar surface area (TPSA) is 44.9 Å². The lowest BCUT2D eigenvalue weighted by atomic mass is 9.89. The van der Waals surface area contributed by atoms with E-state index in [1.807, 2.05) is 24.3 Å².